The highest BCUT2D eigenvalue weighted by Crippen LogP contribution is 2.23. The van der Waals surface area contributed by atoms with Gasteiger partial charge in [0.05, 0.1) is 5.92 Å². The van der Waals surface area contributed by atoms with E-state index in [0.29, 0.717) is 13.0 Å². The molecule has 1 atom stereocenters. The zero-order valence-electron chi connectivity index (χ0n) is 9.33. The van der Waals surface area contributed by atoms with E-state index in [0.717, 1.165) is 6.42 Å². The van der Waals surface area contributed by atoms with E-state index in [-0.39, 0.29) is 19.1 Å². The summed E-state index contributed by atoms with van der Waals surface area (Å²) in [6, 6.07) is -0.810. The first-order valence-corrected chi connectivity index (χ1v) is 5.58. The Morgan fingerprint density at radius 3 is 2.41 bits per heavy atom. The van der Waals surface area contributed by atoms with E-state index in [4.69, 9.17) is 10.8 Å². The molecule has 0 aliphatic carbocycles. The fraction of sp³-hybridized carbons (Fsp3) is 0.700. The molecule has 2 rings (SSSR count). The Morgan fingerprint density at radius 2 is 1.88 bits per heavy atom. The van der Waals surface area contributed by atoms with Gasteiger partial charge in [0.25, 0.3) is 0 Å². The normalized spacial score (nSPS) is 24.6. The summed E-state index contributed by atoms with van der Waals surface area (Å²) < 4.78 is 0. The molecule has 7 nitrogen and oxygen atoms in total. The highest BCUT2D eigenvalue weighted by Gasteiger charge is 2.41. The quantitative estimate of drug-likeness (QED) is 0.651. The summed E-state index contributed by atoms with van der Waals surface area (Å²) in [7, 11) is 0. The van der Waals surface area contributed by atoms with E-state index in [1.54, 1.807) is 0 Å². The number of hydrogen-bond donors (Lipinski definition) is 2. The first-order valence-electron chi connectivity index (χ1n) is 5.58. The minimum Gasteiger partial charge on any atom is -0.481 e. The van der Waals surface area contributed by atoms with Gasteiger partial charge in [-0.1, -0.05) is 0 Å². The zero-order chi connectivity index (χ0) is 12.6. The van der Waals surface area contributed by atoms with Gasteiger partial charge in [0, 0.05) is 19.6 Å². The predicted octanol–water partition coefficient (Wildman–Crippen LogP) is -0.927. The lowest BCUT2D eigenvalue weighted by molar-refractivity contribution is -0.146. The maximum absolute atomic E-state index is 12.0. The molecular formula is C10H15N3O4. The van der Waals surface area contributed by atoms with Crippen molar-refractivity contribution in [2.75, 3.05) is 19.6 Å². The average Bonchev–Trinajstić information content (AvgIpc) is 2.62. The lowest BCUT2D eigenvalue weighted by Gasteiger charge is -2.40. The van der Waals surface area contributed by atoms with Crippen molar-refractivity contribution in [3.8, 4) is 0 Å². The second-order valence-corrected chi connectivity index (χ2v) is 4.48. The summed E-state index contributed by atoms with van der Waals surface area (Å²) in [4.78, 5) is 36.6. The number of nitrogens with two attached hydrogens (primary N) is 1. The molecule has 0 radical (unpaired) electrons. The summed E-state index contributed by atoms with van der Waals surface area (Å²) in [5, 5.41) is 8.71. The minimum absolute atomic E-state index is 0.218. The number of nitrogens with zero attached hydrogens (tertiary/aromatic N) is 2. The van der Waals surface area contributed by atoms with Crippen LogP contribution < -0.4 is 5.73 Å². The van der Waals surface area contributed by atoms with E-state index >= 15 is 0 Å². The second-order valence-electron chi connectivity index (χ2n) is 4.48. The van der Waals surface area contributed by atoms with Gasteiger partial charge in [0.1, 0.15) is 6.04 Å². The molecule has 2 aliphatic rings. The van der Waals surface area contributed by atoms with Crippen molar-refractivity contribution in [3.05, 3.63) is 0 Å². The molecule has 3 amide bonds. The molecule has 1 unspecified atom stereocenters. The smallest absolute Gasteiger partial charge is 0.320 e. The number of carboxylic acids is 1. The highest BCUT2D eigenvalue weighted by atomic mass is 16.4. The number of primary amides is 1. The van der Waals surface area contributed by atoms with E-state index in [9.17, 15) is 14.4 Å². The lowest BCUT2D eigenvalue weighted by atomic mass is 10.0. The zero-order valence-corrected chi connectivity index (χ0v) is 9.33. The molecule has 94 valence electrons. The fourth-order valence-corrected chi connectivity index (χ4v) is 2.26. The van der Waals surface area contributed by atoms with Crippen molar-refractivity contribution in [2.24, 2.45) is 11.7 Å². The third-order valence-electron chi connectivity index (χ3n) is 3.33. The molecule has 7 heteroatoms. The van der Waals surface area contributed by atoms with E-state index in [2.05, 4.69) is 0 Å². The van der Waals surface area contributed by atoms with Crippen LogP contribution in [0.5, 0.6) is 0 Å². The molecule has 3 N–H and O–H groups in total. The Hall–Kier alpha value is -1.79. The van der Waals surface area contributed by atoms with Gasteiger partial charge in [-0.05, 0) is 12.8 Å². The molecule has 17 heavy (non-hydrogen) atoms. The maximum Gasteiger partial charge on any atom is 0.320 e. The molecule has 2 heterocycles. The maximum atomic E-state index is 12.0. The summed E-state index contributed by atoms with van der Waals surface area (Å²) in [5.41, 5.74) is 5.22. The van der Waals surface area contributed by atoms with Gasteiger partial charge in [0.2, 0.25) is 5.91 Å². The SMILES string of the molecule is NC(=O)C1CCCN1C(=O)N1CC(C(=O)O)C1. The van der Waals surface area contributed by atoms with E-state index in [1.807, 2.05) is 0 Å². The van der Waals surface area contributed by atoms with Gasteiger partial charge >= 0.3 is 12.0 Å². The van der Waals surface area contributed by atoms with Crippen LogP contribution in [0.2, 0.25) is 0 Å². The number of likely N-dealkylation sites (tertiary alicyclic amines) is 2. The Bertz CT molecular complexity index is 365. The van der Waals surface area contributed by atoms with Crippen molar-refractivity contribution in [3.63, 3.8) is 0 Å². The van der Waals surface area contributed by atoms with E-state index in [1.165, 1.54) is 9.80 Å². The van der Waals surface area contributed by atoms with Crippen LogP contribution in [-0.2, 0) is 9.59 Å². The number of rotatable bonds is 2. The van der Waals surface area contributed by atoms with Gasteiger partial charge in [-0.25, -0.2) is 4.79 Å². The van der Waals surface area contributed by atoms with Crippen molar-refractivity contribution in [2.45, 2.75) is 18.9 Å². The van der Waals surface area contributed by atoms with Crippen LogP contribution in [-0.4, -0.2) is 58.5 Å². The van der Waals surface area contributed by atoms with Crippen molar-refractivity contribution >= 4 is 17.9 Å². The number of amides is 3. The number of hydrogen-bond acceptors (Lipinski definition) is 3. The van der Waals surface area contributed by atoms with Crippen LogP contribution in [0.15, 0.2) is 0 Å². The molecule has 0 saturated carbocycles. The predicted molar refractivity (Wildman–Crippen MR) is 57.0 cm³/mol. The first kappa shape index (κ1) is 11.7. The van der Waals surface area contributed by atoms with Crippen molar-refractivity contribution < 1.29 is 19.5 Å². The topological polar surface area (TPSA) is 104 Å². The van der Waals surface area contributed by atoms with Crippen molar-refractivity contribution in [1.82, 2.24) is 9.80 Å². The molecule has 0 aromatic carbocycles. The molecule has 0 bridgehead atoms. The van der Waals surface area contributed by atoms with Gasteiger partial charge in [-0.3, -0.25) is 9.59 Å². The van der Waals surface area contributed by atoms with Gasteiger partial charge in [-0.2, -0.15) is 0 Å². The molecule has 0 aromatic rings. The monoisotopic (exact) mass is 241 g/mol. The highest BCUT2D eigenvalue weighted by molar-refractivity contribution is 5.87. The number of carbonyl (C=O) groups is 3. The molecule has 2 saturated heterocycles. The lowest BCUT2D eigenvalue weighted by Crippen LogP contribution is -2.59. The summed E-state index contributed by atoms with van der Waals surface area (Å²) in [6.07, 6.45) is 1.35. The fourth-order valence-electron chi connectivity index (χ4n) is 2.26. The average molecular weight is 241 g/mol. The number of aliphatic carboxylic acids is 1. The van der Waals surface area contributed by atoms with Crippen LogP contribution in [0.25, 0.3) is 0 Å². The number of urea groups is 1. The van der Waals surface area contributed by atoms with Gasteiger partial charge < -0.3 is 20.6 Å². The van der Waals surface area contributed by atoms with Crippen LogP contribution in [0.1, 0.15) is 12.8 Å². The number of carboxylic acid groups (broad SMARTS) is 1. The van der Waals surface area contributed by atoms with Crippen LogP contribution in [0, 0.1) is 5.92 Å². The van der Waals surface area contributed by atoms with Crippen LogP contribution in [0.4, 0.5) is 4.79 Å². The third kappa shape index (κ3) is 2.04. The summed E-state index contributed by atoms with van der Waals surface area (Å²) >= 11 is 0. The van der Waals surface area contributed by atoms with Crippen LogP contribution in [0.3, 0.4) is 0 Å². The second kappa shape index (κ2) is 4.23. The molecule has 0 spiro atoms. The summed E-state index contributed by atoms with van der Waals surface area (Å²) in [6.45, 7) is 0.951. The Kier molecular flexibility index (Phi) is 2.91. The Morgan fingerprint density at radius 1 is 1.24 bits per heavy atom. The Labute approximate surface area is 98.2 Å². The van der Waals surface area contributed by atoms with Gasteiger partial charge in [0.15, 0.2) is 0 Å². The molecule has 2 aliphatic heterocycles. The summed E-state index contributed by atoms with van der Waals surface area (Å²) in [5.74, 6) is -1.86. The van der Waals surface area contributed by atoms with Gasteiger partial charge in [-0.15, -0.1) is 0 Å². The molecule has 0 aromatic heterocycles. The standard InChI is InChI=1S/C10H15N3O4/c11-8(14)7-2-1-3-13(7)10(17)12-4-6(5-12)9(15)16/h6-7H,1-5H2,(H2,11,14)(H,15,16). The first-order chi connectivity index (χ1) is 8.00. The number of carbonyl (C=O) groups excluding carboxylic acids is 2. The molecular weight excluding hydrogens is 226 g/mol. The Balaban J connectivity index is 1.93. The largest absolute Gasteiger partial charge is 0.481 e. The van der Waals surface area contributed by atoms with E-state index < -0.39 is 23.8 Å². The van der Waals surface area contributed by atoms with Crippen molar-refractivity contribution in [1.29, 1.82) is 0 Å². The molecule has 2 fully saturated rings. The van der Waals surface area contributed by atoms with Crippen LogP contribution >= 0.6 is 0 Å². The third-order valence-corrected chi connectivity index (χ3v) is 3.33. The minimum atomic E-state index is -0.887.